The SMILES string of the molecule is COc1c2c(c(OC)c3c(OCc4ccccc4)cccc13)[C@H](O[C@H]1CC[C@H](O)[C@H](C)O1)[C@@H](O)c1cc(CO)cc(OCc3ccccc3)c1-2. The van der Waals surface area contributed by atoms with Crippen LogP contribution >= 0.6 is 0 Å². The van der Waals surface area contributed by atoms with Crippen molar-refractivity contribution in [2.24, 2.45) is 0 Å². The molecule has 1 saturated heterocycles. The molecule has 2 aliphatic rings. The molecule has 0 spiro atoms. The number of methoxy groups -OCH3 is 2. The van der Waals surface area contributed by atoms with Crippen LogP contribution in [0, 0.1) is 0 Å². The van der Waals surface area contributed by atoms with Crippen molar-refractivity contribution < 1.29 is 43.7 Å². The number of hydrogen-bond donors (Lipinski definition) is 3. The predicted octanol–water partition coefficient (Wildman–Crippen LogP) is 7.16. The van der Waals surface area contributed by atoms with Crippen LogP contribution in [0.5, 0.6) is 23.0 Å². The average Bonchev–Trinajstić information content (AvgIpc) is 3.15. The molecule has 3 N–H and O–H groups in total. The van der Waals surface area contributed by atoms with E-state index < -0.39 is 30.7 Å². The lowest BCUT2D eigenvalue weighted by Gasteiger charge is -2.39. The highest BCUT2D eigenvalue weighted by Crippen LogP contribution is 2.60. The fourth-order valence-electron chi connectivity index (χ4n) is 7.06. The van der Waals surface area contributed by atoms with E-state index in [9.17, 15) is 15.3 Å². The van der Waals surface area contributed by atoms with Crippen LogP contribution in [0.2, 0.25) is 0 Å². The van der Waals surface area contributed by atoms with Crippen LogP contribution in [0.3, 0.4) is 0 Å². The molecule has 0 bridgehead atoms. The first-order valence-electron chi connectivity index (χ1n) is 16.9. The largest absolute Gasteiger partial charge is 0.496 e. The Balaban J connectivity index is 1.46. The van der Waals surface area contributed by atoms with Crippen LogP contribution in [0.1, 0.15) is 59.8 Å². The van der Waals surface area contributed by atoms with Gasteiger partial charge in [0.15, 0.2) is 6.29 Å². The molecule has 0 amide bonds. The van der Waals surface area contributed by atoms with Crippen LogP contribution in [0.25, 0.3) is 21.9 Å². The summed E-state index contributed by atoms with van der Waals surface area (Å²) in [5, 5.41) is 34.4. The summed E-state index contributed by atoms with van der Waals surface area (Å²) in [6.45, 7) is 2.12. The van der Waals surface area contributed by atoms with Crippen molar-refractivity contribution in [3.05, 3.63) is 119 Å². The Bertz CT molecular complexity index is 1950. The summed E-state index contributed by atoms with van der Waals surface area (Å²) in [5.41, 5.74) is 4.85. The monoisotopic (exact) mass is 678 g/mol. The Labute approximate surface area is 291 Å². The molecule has 0 radical (unpaired) electrons. The summed E-state index contributed by atoms with van der Waals surface area (Å²) >= 11 is 0. The number of ether oxygens (including phenoxy) is 6. The number of aliphatic hydroxyl groups is 3. The predicted molar refractivity (Wildman–Crippen MR) is 188 cm³/mol. The molecule has 0 saturated carbocycles. The van der Waals surface area contributed by atoms with Gasteiger partial charge in [-0.05, 0) is 53.8 Å². The highest BCUT2D eigenvalue weighted by molar-refractivity contribution is 6.06. The number of hydrogen-bond acceptors (Lipinski definition) is 9. The normalized spacial score (nSPS) is 21.3. The zero-order valence-corrected chi connectivity index (χ0v) is 28.4. The van der Waals surface area contributed by atoms with Crippen molar-refractivity contribution in [2.45, 2.75) is 70.3 Å². The van der Waals surface area contributed by atoms with E-state index in [1.54, 1.807) is 33.3 Å². The van der Waals surface area contributed by atoms with Crippen molar-refractivity contribution >= 4 is 10.8 Å². The lowest BCUT2D eigenvalue weighted by Crippen LogP contribution is -2.39. The molecule has 50 heavy (non-hydrogen) atoms. The smallest absolute Gasteiger partial charge is 0.159 e. The molecular formula is C41H42O9. The fraction of sp³-hybridized carbons (Fsp3) is 0.317. The Kier molecular flexibility index (Phi) is 9.94. The second-order valence-corrected chi connectivity index (χ2v) is 12.7. The van der Waals surface area contributed by atoms with Crippen LogP contribution in [0.4, 0.5) is 0 Å². The van der Waals surface area contributed by atoms with Gasteiger partial charge in [0.05, 0.1) is 38.4 Å². The van der Waals surface area contributed by atoms with E-state index in [1.165, 1.54) is 0 Å². The molecule has 0 unspecified atom stereocenters. The summed E-state index contributed by atoms with van der Waals surface area (Å²) in [4.78, 5) is 0. The molecule has 5 atom stereocenters. The van der Waals surface area contributed by atoms with Crippen LogP contribution in [0.15, 0.2) is 91.0 Å². The minimum absolute atomic E-state index is 0.258. The summed E-state index contributed by atoms with van der Waals surface area (Å²) in [5.74, 6) is 2.02. The van der Waals surface area contributed by atoms with Crippen molar-refractivity contribution in [3.8, 4) is 34.1 Å². The maximum Gasteiger partial charge on any atom is 0.159 e. The summed E-state index contributed by atoms with van der Waals surface area (Å²) in [6.07, 6.45) is -3.08. The quantitative estimate of drug-likeness (QED) is 0.134. The Morgan fingerprint density at radius 3 is 2.00 bits per heavy atom. The Hall–Kier alpha value is -4.64. The first-order valence-corrected chi connectivity index (χ1v) is 16.9. The molecule has 5 aromatic carbocycles. The van der Waals surface area contributed by atoms with Gasteiger partial charge >= 0.3 is 0 Å². The number of fused-ring (bicyclic) bond motifs is 4. The molecule has 0 aromatic heterocycles. The molecule has 260 valence electrons. The third kappa shape index (κ3) is 6.39. The molecule has 1 heterocycles. The molecule has 1 aliphatic carbocycles. The van der Waals surface area contributed by atoms with Gasteiger partial charge in [0.1, 0.15) is 48.4 Å². The van der Waals surface area contributed by atoms with Gasteiger partial charge in [-0.1, -0.05) is 72.8 Å². The van der Waals surface area contributed by atoms with E-state index in [-0.39, 0.29) is 13.2 Å². The first kappa shape index (κ1) is 33.8. The van der Waals surface area contributed by atoms with Crippen molar-refractivity contribution in [2.75, 3.05) is 14.2 Å². The summed E-state index contributed by atoms with van der Waals surface area (Å²) < 4.78 is 38.3. The van der Waals surface area contributed by atoms with Gasteiger partial charge in [0.25, 0.3) is 0 Å². The first-order chi connectivity index (χ1) is 24.4. The maximum absolute atomic E-state index is 12.3. The summed E-state index contributed by atoms with van der Waals surface area (Å²) in [7, 11) is 3.20. The van der Waals surface area contributed by atoms with Crippen LogP contribution in [-0.2, 0) is 29.3 Å². The fourth-order valence-corrected chi connectivity index (χ4v) is 7.06. The average molecular weight is 679 g/mol. The number of aliphatic hydroxyl groups excluding tert-OH is 3. The Morgan fingerprint density at radius 2 is 1.38 bits per heavy atom. The molecule has 5 aromatic rings. The Morgan fingerprint density at radius 1 is 0.720 bits per heavy atom. The topological polar surface area (TPSA) is 116 Å². The molecule has 1 aliphatic heterocycles. The molecular weight excluding hydrogens is 636 g/mol. The van der Waals surface area contributed by atoms with Gasteiger partial charge in [-0.3, -0.25) is 0 Å². The van der Waals surface area contributed by atoms with Gasteiger partial charge in [-0.2, -0.15) is 0 Å². The number of benzene rings is 5. The molecule has 9 nitrogen and oxygen atoms in total. The number of rotatable bonds is 11. The maximum atomic E-state index is 12.3. The lowest BCUT2D eigenvalue weighted by molar-refractivity contribution is -0.249. The second kappa shape index (κ2) is 14.7. The van der Waals surface area contributed by atoms with Crippen molar-refractivity contribution in [1.29, 1.82) is 0 Å². The van der Waals surface area contributed by atoms with Crippen LogP contribution in [-0.4, -0.2) is 48.0 Å². The molecule has 7 rings (SSSR count). The minimum atomic E-state index is -1.22. The van der Waals surface area contributed by atoms with E-state index >= 15 is 0 Å². The van der Waals surface area contributed by atoms with Gasteiger partial charge in [0, 0.05) is 28.5 Å². The second-order valence-electron chi connectivity index (χ2n) is 12.7. The van der Waals surface area contributed by atoms with E-state index in [1.807, 2.05) is 78.9 Å². The van der Waals surface area contributed by atoms with Crippen LogP contribution < -0.4 is 18.9 Å². The van der Waals surface area contributed by atoms with Gasteiger partial charge < -0.3 is 43.7 Å². The van der Waals surface area contributed by atoms with E-state index in [2.05, 4.69) is 0 Å². The van der Waals surface area contributed by atoms with Crippen molar-refractivity contribution in [1.82, 2.24) is 0 Å². The van der Waals surface area contributed by atoms with Gasteiger partial charge in [-0.25, -0.2) is 0 Å². The van der Waals surface area contributed by atoms with E-state index in [0.29, 0.717) is 75.7 Å². The third-order valence-corrected chi connectivity index (χ3v) is 9.54. The zero-order chi connectivity index (χ0) is 34.8. The highest BCUT2D eigenvalue weighted by atomic mass is 16.7. The van der Waals surface area contributed by atoms with Gasteiger partial charge in [0.2, 0.25) is 0 Å². The van der Waals surface area contributed by atoms with Crippen molar-refractivity contribution in [3.63, 3.8) is 0 Å². The lowest BCUT2D eigenvalue weighted by atomic mass is 9.78. The summed E-state index contributed by atoms with van der Waals surface area (Å²) in [6, 6.07) is 29.0. The van der Waals surface area contributed by atoms with Gasteiger partial charge in [-0.15, -0.1) is 0 Å². The third-order valence-electron chi connectivity index (χ3n) is 9.54. The minimum Gasteiger partial charge on any atom is -0.496 e. The van der Waals surface area contributed by atoms with E-state index in [0.717, 1.165) is 16.5 Å². The standard InChI is InChI=1S/C41H42O9/c1-24-30(43)17-18-33(49-24)50-41-37-36(34-29(38(41)44)19-27(21-42)20-32(34)48-23-26-13-8-5-9-14-26)39(45-2)28-15-10-16-31(35(28)40(37)46-3)47-22-25-11-6-4-7-12-25/h4-16,19-20,24,30,33,38,41-44H,17-18,21-23H2,1-3H3/t24-,30-,33-,38-,41-/m0/s1. The zero-order valence-electron chi connectivity index (χ0n) is 28.4. The molecule has 1 fully saturated rings. The molecule has 9 heteroatoms. The highest BCUT2D eigenvalue weighted by Gasteiger charge is 2.43. The van der Waals surface area contributed by atoms with E-state index in [4.69, 9.17) is 28.4 Å².